The Bertz CT molecular complexity index is 242. The lowest BCUT2D eigenvalue weighted by Crippen LogP contribution is -2.03. The predicted molar refractivity (Wildman–Crippen MR) is 49.4 cm³/mol. The molecule has 11 heavy (non-hydrogen) atoms. The second-order valence-corrected chi connectivity index (χ2v) is 2.95. The summed E-state index contributed by atoms with van der Waals surface area (Å²) >= 11 is 3.35. The number of furan rings is 1. The van der Waals surface area contributed by atoms with Crippen LogP contribution in [0.4, 0.5) is 0 Å². The highest BCUT2D eigenvalue weighted by Gasteiger charge is 1.95. The standard InChI is InChI=1S/C8H10BrNO/c1-10-5-2-3-8-7(9)4-6-11-8/h2-4,6,10H,5H2,1H3/b3-2+. The molecule has 0 atom stereocenters. The SMILES string of the molecule is CNC/C=C/c1occc1Br. The third-order valence-corrected chi connectivity index (χ3v) is 1.89. The van der Waals surface area contributed by atoms with E-state index in [1.54, 1.807) is 6.26 Å². The molecule has 0 unspecified atom stereocenters. The highest BCUT2D eigenvalue weighted by atomic mass is 79.9. The Hall–Kier alpha value is -0.540. The molecule has 0 aliphatic rings. The summed E-state index contributed by atoms with van der Waals surface area (Å²) in [7, 11) is 1.90. The minimum absolute atomic E-state index is 0.854. The molecule has 1 N–H and O–H groups in total. The van der Waals surface area contributed by atoms with Gasteiger partial charge in [0.15, 0.2) is 0 Å². The number of likely N-dealkylation sites (N-methyl/N-ethyl adjacent to an activating group) is 1. The molecule has 0 spiro atoms. The monoisotopic (exact) mass is 215 g/mol. The van der Waals surface area contributed by atoms with Crippen molar-refractivity contribution in [1.29, 1.82) is 0 Å². The van der Waals surface area contributed by atoms with Gasteiger partial charge in [0.2, 0.25) is 0 Å². The van der Waals surface area contributed by atoms with Crippen LogP contribution in [0.25, 0.3) is 6.08 Å². The summed E-state index contributed by atoms with van der Waals surface area (Å²) in [5.74, 6) is 0.861. The van der Waals surface area contributed by atoms with Gasteiger partial charge in [-0.15, -0.1) is 0 Å². The number of hydrogen-bond donors (Lipinski definition) is 1. The molecule has 2 nitrogen and oxygen atoms in total. The fourth-order valence-corrected chi connectivity index (χ4v) is 1.04. The van der Waals surface area contributed by atoms with Crippen LogP contribution in [0.5, 0.6) is 0 Å². The van der Waals surface area contributed by atoms with Crippen molar-refractivity contribution in [2.24, 2.45) is 0 Å². The molecule has 0 aromatic carbocycles. The second-order valence-electron chi connectivity index (χ2n) is 2.09. The first kappa shape index (κ1) is 8.56. The van der Waals surface area contributed by atoms with Crippen LogP contribution in [0.2, 0.25) is 0 Å². The van der Waals surface area contributed by atoms with Gasteiger partial charge in [-0.05, 0) is 35.1 Å². The zero-order valence-electron chi connectivity index (χ0n) is 6.30. The van der Waals surface area contributed by atoms with Gasteiger partial charge in [-0.1, -0.05) is 6.08 Å². The van der Waals surface area contributed by atoms with Crippen LogP contribution in [-0.2, 0) is 0 Å². The fourth-order valence-electron chi connectivity index (χ4n) is 0.708. The molecular formula is C8H10BrNO. The second kappa shape index (κ2) is 4.36. The Morgan fingerprint density at radius 1 is 1.73 bits per heavy atom. The molecule has 0 bridgehead atoms. The normalized spacial score (nSPS) is 11.1. The molecular weight excluding hydrogens is 206 g/mol. The Balaban J connectivity index is 2.56. The Morgan fingerprint density at radius 3 is 3.09 bits per heavy atom. The average molecular weight is 216 g/mol. The van der Waals surface area contributed by atoms with E-state index in [0.717, 1.165) is 16.8 Å². The molecule has 0 aliphatic carbocycles. The smallest absolute Gasteiger partial charge is 0.140 e. The van der Waals surface area contributed by atoms with E-state index in [9.17, 15) is 0 Å². The number of halogens is 1. The largest absolute Gasteiger partial charge is 0.464 e. The average Bonchev–Trinajstić information content (AvgIpc) is 2.37. The van der Waals surface area contributed by atoms with Gasteiger partial charge in [0.1, 0.15) is 5.76 Å². The lowest BCUT2D eigenvalue weighted by atomic mass is 10.4. The lowest BCUT2D eigenvalue weighted by molar-refractivity contribution is 0.555. The van der Waals surface area contributed by atoms with E-state index >= 15 is 0 Å². The quantitative estimate of drug-likeness (QED) is 0.838. The topological polar surface area (TPSA) is 25.2 Å². The summed E-state index contributed by atoms with van der Waals surface area (Å²) in [6, 6.07) is 1.87. The predicted octanol–water partition coefficient (Wildman–Crippen LogP) is 2.27. The molecule has 0 saturated carbocycles. The summed E-state index contributed by atoms with van der Waals surface area (Å²) in [5.41, 5.74) is 0. The van der Waals surface area contributed by atoms with Gasteiger partial charge in [-0.3, -0.25) is 0 Å². The van der Waals surface area contributed by atoms with Gasteiger partial charge >= 0.3 is 0 Å². The molecule has 1 heterocycles. The third kappa shape index (κ3) is 2.52. The summed E-state index contributed by atoms with van der Waals surface area (Å²) in [6.07, 6.45) is 5.59. The van der Waals surface area contributed by atoms with Crippen molar-refractivity contribution in [3.63, 3.8) is 0 Å². The molecule has 3 heteroatoms. The van der Waals surface area contributed by atoms with Crippen molar-refractivity contribution in [1.82, 2.24) is 5.32 Å². The highest BCUT2D eigenvalue weighted by Crippen LogP contribution is 2.18. The first-order valence-corrected chi connectivity index (χ1v) is 4.18. The zero-order valence-corrected chi connectivity index (χ0v) is 7.89. The van der Waals surface area contributed by atoms with Gasteiger partial charge < -0.3 is 9.73 Å². The van der Waals surface area contributed by atoms with E-state index in [1.807, 2.05) is 25.3 Å². The van der Waals surface area contributed by atoms with Crippen LogP contribution in [0.1, 0.15) is 5.76 Å². The number of rotatable bonds is 3. The summed E-state index contributed by atoms with van der Waals surface area (Å²) in [6.45, 7) is 0.854. The van der Waals surface area contributed by atoms with Crippen molar-refractivity contribution in [2.75, 3.05) is 13.6 Å². The van der Waals surface area contributed by atoms with Gasteiger partial charge in [-0.2, -0.15) is 0 Å². The molecule has 1 aromatic rings. The maximum absolute atomic E-state index is 5.15. The van der Waals surface area contributed by atoms with Crippen LogP contribution in [0.15, 0.2) is 27.3 Å². The van der Waals surface area contributed by atoms with Crippen LogP contribution < -0.4 is 5.32 Å². The maximum Gasteiger partial charge on any atom is 0.140 e. The van der Waals surface area contributed by atoms with Gasteiger partial charge in [0.25, 0.3) is 0 Å². The maximum atomic E-state index is 5.15. The van der Waals surface area contributed by atoms with Gasteiger partial charge in [0.05, 0.1) is 10.7 Å². The molecule has 1 aromatic heterocycles. The Kier molecular flexibility index (Phi) is 3.39. The van der Waals surface area contributed by atoms with E-state index in [-0.39, 0.29) is 0 Å². The molecule has 0 aliphatic heterocycles. The van der Waals surface area contributed by atoms with Gasteiger partial charge in [0, 0.05) is 6.54 Å². The molecule has 1 rings (SSSR count). The lowest BCUT2D eigenvalue weighted by Gasteiger charge is -1.88. The molecule has 0 radical (unpaired) electrons. The van der Waals surface area contributed by atoms with Crippen LogP contribution in [0, 0.1) is 0 Å². The fraction of sp³-hybridized carbons (Fsp3) is 0.250. The van der Waals surface area contributed by atoms with Crippen molar-refractivity contribution in [2.45, 2.75) is 0 Å². The van der Waals surface area contributed by atoms with Crippen LogP contribution in [0.3, 0.4) is 0 Å². The van der Waals surface area contributed by atoms with Gasteiger partial charge in [-0.25, -0.2) is 0 Å². The molecule has 0 fully saturated rings. The van der Waals surface area contributed by atoms with E-state index in [4.69, 9.17) is 4.42 Å². The highest BCUT2D eigenvalue weighted by molar-refractivity contribution is 9.10. The van der Waals surface area contributed by atoms with Crippen molar-refractivity contribution >= 4 is 22.0 Å². The van der Waals surface area contributed by atoms with Crippen LogP contribution >= 0.6 is 15.9 Å². The number of nitrogens with one attached hydrogen (secondary N) is 1. The zero-order chi connectivity index (χ0) is 8.10. The van der Waals surface area contributed by atoms with Crippen molar-refractivity contribution in [3.8, 4) is 0 Å². The van der Waals surface area contributed by atoms with Crippen LogP contribution in [-0.4, -0.2) is 13.6 Å². The molecule has 0 saturated heterocycles. The molecule has 0 amide bonds. The van der Waals surface area contributed by atoms with Crippen molar-refractivity contribution < 1.29 is 4.42 Å². The van der Waals surface area contributed by atoms with Crippen molar-refractivity contribution in [3.05, 3.63) is 28.6 Å². The van der Waals surface area contributed by atoms with E-state index in [1.165, 1.54) is 0 Å². The minimum atomic E-state index is 0.854. The Morgan fingerprint density at radius 2 is 2.55 bits per heavy atom. The first-order valence-electron chi connectivity index (χ1n) is 3.38. The van der Waals surface area contributed by atoms with E-state index < -0.39 is 0 Å². The van der Waals surface area contributed by atoms with E-state index in [0.29, 0.717) is 0 Å². The molecule has 60 valence electrons. The Labute approximate surface area is 74.4 Å². The minimum Gasteiger partial charge on any atom is -0.464 e. The van der Waals surface area contributed by atoms with E-state index in [2.05, 4.69) is 21.2 Å². The third-order valence-electron chi connectivity index (χ3n) is 1.24. The summed E-state index contributed by atoms with van der Waals surface area (Å²) in [5, 5.41) is 3.01. The number of hydrogen-bond acceptors (Lipinski definition) is 2. The first-order chi connectivity index (χ1) is 5.34. The summed E-state index contributed by atoms with van der Waals surface area (Å²) < 4.78 is 6.14. The summed E-state index contributed by atoms with van der Waals surface area (Å²) in [4.78, 5) is 0.